The van der Waals surface area contributed by atoms with E-state index in [2.05, 4.69) is 14.9 Å². The van der Waals surface area contributed by atoms with Crippen LogP contribution < -0.4 is 0 Å². The molecular formula is C14H15N3O. The van der Waals surface area contributed by atoms with Gasteiger partial charge < -0.3 is 9.32 Å². The molecule has 0 bridgehead atoms. The molecule has 0 saturated carbocycles. The van der Waals surface area contributed by atoms with Crippen LogP contribution in [0.15, 0.2) is 34.9 Å². The number of hydrogen-bond acceptors (Lipinski definition) is 4. The Labute approximate surface area is 105 Å². The minimum Gasteiger partial charge on any atom is -0.440 e. The molecule has 0 radical (unpaired) electrons. The maximum Gasteiger partial charge on any atom is 0.196 e. The van der Waals surface area contributed by atoms with Gasteiger partial charge in [0.25, 0.3) is 0 Å². The quantitative estimate of drug-likeness (QED) is 0.706. The Bertz CT molecular complexity index is 688. The number of hydrogen-bond donors (Lipinski definition) is 0. The van der Waals surface area contributed by atoms with Crippen molar-refractivity contribution >= 4 is 22.0 Å². The smallest absolute Gasteiger partial charge is 0.196 e. The first-order chi connectivity index (χ1) is 8.74. The molecule has 0 aliphatic carbocycles. The molecule has 0 saturated heterocycles. The van der Waals surface area contributed by atoms with Crippen molar-refractivity contribution < 1.29 is 4.42 Å². The fourth-order valence-electron chi connectivity index (χ4n) is 1.99. The van der Waals surface area contributed by atoms with Gasteiger partial charge in [0.05, 0.1) is 11.7 Å². The molecular weight excluding hydrogens is 226 g/mol. The average Bonchev–Trinajstić information content (AvgIpc) is 2.79. The van der Waals surface area contributed by atoms with Crippen LogP contribution in [0.25, 0.3) is 22.0 Å². The molecule has 0 N–H and O–H groups in total. The van der Waals surface area contributed by atoms with Gasteiger partial charge in [-0.3, -0.25) is 4.98 Å². The molecule has 0 aliphatic rings. The van der Waals surface area contributed by atoms with Crippen LogP contribution in [0.4, 0.5) is 0 Å². The second kappa shape index (κ2) is 4.38. The Morgan fingerprint density at radius 1 is 1.17 bits per heavy atom. The van der Waals surface area contributed by atoms with Crippen LogP contribution >= 0.6 is 0 Å². The number of para-hydroxylation sites is 1. The Morgan fingerprint density at radius 2 is 2.00 bits per heavy atom. The SMILES string of the molecule is CN(C)CCc1nc2cnc3ccccc3c2o1. The third kappa shape index (κ3) is 1.95. The van der Waals surface area contributed by atoms with Gasteiger partial charge in [-0.15, -0.1) is 0 Å². The Morgan fingerprint density at radius 3 is 2.83 bits per heavy atom. The number of likely N-dealkylation sites (N-methyl/N-ethyl adjacent to an activating group) is 1. The number of fused-ring (bicyclic) bond motifs is 3. The van der Waals surface area contributed by atoms with E-state index in [1.54, 1.807) is 6.20 Å². The van der Waals surface area contributed by atoms with E-state index in [1.165, 1.54) is 0 Å². The molecule has 18 heavy (non-hydrogen) atoms. The molecule has 0 atom stereocenters. The minimum absolute atomic E-state index is 0.775. The van der Waals surface area contributed by atoms with Crippen molar-refractivity contribution in [2.24, 2.45) is 0 Å². The predicted octanol–water partition coefficient (Wildman–Crippen LogP) is 2.48. The molecule has 4 heteroatoms. The normalized spacial score (nSPS) is 11.7. The maximum absolute atomic E-state index is 5.85. The highest BCUT2D eigenvalue weighted by atomic mass is 16.3. The standard InChI is InChI=1S/C14H15N3O/c1-17(2)8-7-13-16-12-9-15-11-6-4-3-5-10(11)14(12)18-13/h3-6,9H,7-8H2,1-2H3. The van der Waals surface area contributed by atoms with Crippen molar-refractivity contribution in [3.63, 3.8) is 0 Å². The number of oxazole rings is 1. The van der Waals surface area contributed by atoms with Crippen LogP contribution in [0, 0.1) is 0 Å². The monoisotopic (exact) mass is 241 g/mol. The number of nitrogens with zero attached hydrogens (tertiary/aromatic N) is 3. The number of rotatable bonds is 3. The second-order valence-electron chi connectivity index (χ2n) is 4.65. The largest absolute Gasteiger partial charge is 0.440 e. The molecule has 3 rings (SSSR count). The van der Waals surface area contributed by atoms with Gasteiger partial charge in [0.2, 0.25) is 0 Å². The van der Waals surface area contributed by atoms with Gasteiger partial charge in [0.1, 0.15) is 5.52 Å². The fraction of sp³-hybridized carbons (Fsp3) is 0.286. The molecule has 0 amide bonds. The summed E-state index contributed by atoms with van der Waals surface area (Å²) in [6, 6.07) is 7.97. The molecule has 3 aromatic rings. The van der Waals surface area contributed by atoms with E-state index in [0.29, 0.717) is 0 Å². The maximum atomic E-state index is 5.85. The Hall–Kier alpha value is -1.94. The van der Waals surface area contributed by atoms with Gasteiger partial charge in [-0.2, -0.15) is 0 Å². The van der Waals surface area contributed by atoms with Gasteiger partial charge in [0, 0.05) is 18.4 Å². The lowest BCUT2D eigenvalue weighted by Gasteiger charge is -2.05. The highest BCUT2D eigenvalue weighted by Crippen LogP contribution is 2.24. The molecule has 0 aliphatic heterocycles. The van der Waals surface area contributed by atoms with Gasteiger partial charge in [-0.25, -0.2) is 4.98 Å². The molecule has 0 unspecified atom stereocenters. The highest BCUT2D eigenvalue weighted by molar-refractivity contribution is 6.00. The predicted molar refractivity (Wildman–Crippen MR) is 71.6 cm³/mol. The van der Waals surface area contributed by atoms with Crippen molar-refractivity contribution in [3.05, 3.63) is 36.4 Å². The minimum atomic E-state index is 0.775. The van der Waals surface area contributed by atoms with Crippen LogP contribution in [0.1, 0.15) is 5.89 Å². The molecule has 1 aromatic carbocycles. The number of pyridine rings is 1. The van der Waals surface area contributed by atoms with E-state index in [4.69, 9.17) is 4.42 Å². The van der Waals surface area contributed by atoms with Crippen LogP contribution in [-0.4, -0.2) is 35.5 Å². The third-order valence-corrected chi connectivity index (χ3v) is 2.95. The molecule has 2 heterocycles. The molecule has 2 aromatic heterocycles. The Kier molecular flexibility index (Phi) is 2.72. The fourth-order valence-corrected chi connectivity index (χ4v) is 1.99. The number of benzene rings is 1. The van der Waals surface area contributed by atoms with Crippen molar-refractivity contribution in [2.75, 3.05) is 20.6 Å². The van der Waals surface area contributed by atoms with Gasteiger partial charge >= 0.3 is 0 Å². The lowest BCUT2D eigenvalue weighted by atomic mass is 10.2. The summed E-state index contributed by atoms with van der Waals surface area (Å²) < 4.78 is 5.85. The van der Waals surface area contributed by atoms with E-state index in [9.17, 15) is 0 Å². The summed E-state index contributed by atoms with van der Waals surface area (Å²) in [5.74, 6) is 0.775. The first kappa shape index (κ1) is 11.2. The third-order valence-electron chi connectivity index (χ3n) is 2.95. The average molecular weight is 241 g/mol. The molecule has 0 spiro atoms. The van der Waals surface area contributed by atoms with Crippen LogP contribution in [0.5, 0.6) is 0 Å². The lowest BCUT2D eigenvalue weighted by molar-refractivity contribution is 0.390. The first-order valence-electron chi connectivity index (χ1n) is 6.02. The summed E-state index contributed by atoms with van der Waals surface area (Å²) in [7, 11) is 4.08. The van der Waals surface area contributed by atoms with E-state index >= 15 is 0 Å². The summed E-state index contributed by atoms with van der Waals surface area (Å²) in [5.41, 5.74) is 2.62. The number of aromatic nitrogens is 2. The molecule has 0 fully saturated rings. The van der Waals surface area contributed by atoms with E-state index in [1.807, 2.05) is 38.4 Å². The molecule has 4 nitrogen and oxygen atoms in total. The van der Waals surface area contributed by atoms with Crippen LogP contribution in [-0.2, 0) is 6.42 Å². The van der Waals surface area contributed by atoms with Gasteiger partial charge in [0.15, 0.2) is 11.5 Å². The zero-order chi connectivity index (χ0) is 12.5. The van der Waals surface area contributed by atoms with E-state index in [-0.39, 0.29) is 0 Å². The highest BCUT2D eigenvalue weighted by Gasteiger charge is 2.09. The molecule has 92 valence electrons. The summed E-state index contributed by atoms with van der Waals surface area (Å²) in [6.45, 7) is 0.929. The summed E-state index contributed by atoms with van der Waals surface area (Å²) >= 11 is 0. The van der Waals surface area contributed by atoms with Crippen molar-refractivity contribution in [3.8, 4) is 0 Å². The second-order valence-corrected chi connectivity index (χ2v) is 4.65. The topological polar surface area (TPSA) is 42.2 Å². The van der Waals surface area contributed by atoms with E-state index < -0.39 is 0 Å². The lowest BCUT2D eigenvalue weighted by Crippen LogP contribution is -2.15. The summed E-state index contributed by atoms with van der Waals surface area (Å²) in [4.78, 5) is 11.0. The van der Waals surface area contributed by atoms with Crippen molar-refractivity contribution in [1.82, 2.24) is 14.9 Å². The zero-order valence-corrected chi connectivity index (χ0v) is 10.6. The van der Waals surface area contributed by atoms with Crippen LogP contribution in [0.3, 0.4) is 0 Å². The van der Waals surface area contributed by atoms with Crippen molar-refractivity contribution in [2.45, 2.75) is 6.42 Å². The summed E-state index contributed by atoms with van der Waals surface area (Å²) in [5, 5.41) is 1.03. The zero-order valence-electron chi connectivity index (χ0n) is 10.6. The van der Waals surface area contributed by atoms with Crippen molar-refractivity contribution in [1.29, 1.82) is 0 Å². The Balaban J connectivity index is 2.08. The van der Waals surface area contributed by atoms with Gasteiger partial charge in [-0.1, -0.05) is 12.1 Å². The van der Waals surface area contributed by atoms with Gasteiger partial charge in [-0.05, 0) is 26.2 Å². The van der Waals surface area contributed by atoms with Crippen LogP contribution in [0.2, 0.25) is 0 Å². The summed E-state index contributed by atoms with van der Waals surface area (Å²) in [6.07, 6.45) is 2.59. The van der Waals surface area contributed by atoms with E-state index in [0.717, 1.165) is 40.9 Å². The first-order valence-corrected chi connectivity index (χ1v) is 6.02.